The molecule has 1 rings (SSSR count). The molecule has 0 aromatic rings. The highest BCUT2D eigenvalue weighted by atomic mass is 16.5. The van der Waals surface area contributed by atoms with Crippen molar-refractivity contribution in [2.45, 2.75) is 25.7 Å². The van der Waals surface area contributed by atoms with Gasteiger partial charge in [0.2, 0.25) is 0 Å². The van der Waals surface area contributed by atoms with Gasteiger partial charge in [0.1, 0.15) is 0 Å². The summed E-state index contributed by atoms with van der Waals surface area (Å²) in [6, 6.07) is 0. The van der Waals surface area contributed by atoms with Crippen molar-refractivity contribution >= 4 is 11.9 Å². The summed E-state index contributed by atoms with van der Waals surface area (Å²) >= 11 is 0. The molecule has 1 aliphatic rings. The first kappa shape index (κ1) is 13.5. The fourth-order valence-electron chi connectivity index (χ4n) is 2.21. The van der Waals surface area contributed by atoms with Crippen LogP contribution in [0.4, 0.5) is 0 Å². The molecule has 1 aliphatic carbocycles. The molecule has 0 spiro atoms. The average Bonchev–Trinajstić information content (AvgIpc) is 2.49. The van der Waals surface area contributed by atoms with E-state index in [4.69, 9.17) is 9.47 Å². The van der Waals surface area contributed by atoms with Crippen LogP contribution in [0.3, 0.4) is 0 Å². The second-order valence-corrected chi connectivity index (χ2v) is 4.18. The van der Waals surface area contributed by atoms with E-state index in [0.717, 1.165) is 24.8 Å². The third kappa shape index (κ3) is 2.12. The van der Waals surface area contributed by atoms with Crippen LogP contribution in [-0.4, -0.2) is 26.2 Å². The van der Waals surface area contributed by atoms with Crippen molar-refractivity contribution in [2.24, 2.45) is 5.41 Å². The Morgan fingerprint density at radius 3 is 2.12 bits per heavy atom. The van der Waals surface area contributed by atoms with Crippen LogP contribution in [0.15, 0.2) is 24.3 Å². The third-order valence-electron chi connectivity index (χ3n) is 3.29. The lowest BCUT2D eigenvalue weighted by atomic mass is 9.75. The minimum Gasteiger partial charge on any atom is -0.468 e. The van der Waals surface area contributed by atoms with Gasteiger partial charge in [-0.2, -0.15) is 0 Å². The highest BCUT2D eigenvalue weighted by molar-refractivity contribution is 6.04. The summed E-state index contributed by atoms with van der Waals surface area (Å²) in [5, 5.41) is 0. The Hall–Kier alpha value is -1.58. The van der Waals surface area contributed by atoms with Gasteiger partial charge in [0.25, 0.3) is 0 Å². The quantitative estimate of drug-likeness (QED) is 0.419. The van der Waals surface area contributed by atoms with Gasteiger partial charge in [-0.15, -0.1) is 0 Å². The molecule has 17 heavy (non-hydrogen) atoms. The van der Waals surface area contributed by atoms with Gasteiger partial charge in [0.15, 0.2) is 5.41 Å². The van der Waals surface area contributed by atoms with Gasteiger partial charge < -0.3 is 9.47 Å². The predicted octanol–water partition coefficient (Wildman–Crippen LogP) is 2.01. The van der Waals surface area contributed by atoms with Crippen LogP contribution in [0, 0.1) is 5.41 Å². The molecule has 0 aromatic heterocycles. The molecule has 1 fully saturated rings. The molecular formula is C13H18O4. The fraction of sp³-hybridized carbons (Fsp3) is 0.538. The summed E-state index contributed by atoms with van der Waals surface area (Å²) in [6.45, 7) is 7.71. The monoisotopic (exact) mass is 238 g/mol. The van der Waals surface area contributed by atoms with E-state index >= 15 is 0 Å². The lowest BCUT2D eigenvalue weighted by Gasteiger charge is -2.29. The van der Waals surface area contributed by atoms with E-state index in [1.807, 2.05) is 0 Å². The molecule has 0 aliphatic heterocycles. The number of hydrogen-bond acceptors (Lipinski definition) is 4. The number of ether oxygens (including phenoxy) is 2. The number of allylic oxidation sites excluding steroid dienone is 1. The first-order chi connectivity index (χ1) is 8.00. The summed E-state index contributed by atoms with van der Waals surface area (Å²) in [6.07, 6.45) is 2.73. The van der Waals surface area contributed by atoms with E-state index in [9.17, 15) is 9.59 Å². The lowest BCUT2D eigenvalue weighted by molar-refractivity contribution is -0.166. The summed E-state index contributed by atoms with van der Waals surface area (Å²) in [4.78, 5) is 23.9. The number of methoxy groups -OCH3 is 2. The van der Waals surface area contributed by atoms with Gasteiger partial charge in [0, 0.05) is 0 Å². The van der Waals surface area contributed by atoms with Crippen molar-refractivity contribution in [3.8, 4) is 0 Å². The zero-order valence-electron chi connectivity index (χ0n) is 10.4. The number of hydrogen-bond donors (Lipinski definition) is 0. The second-order valence-electron chi connectivity index (χ2n) is 4.18. The minimum atomic E-state index is -1.41. The van der Waals surface area contributed by atoms with E-state index in [0.29, 0.717) is 12.0 Å². The van der Waals surface area contributed by atoms with Crippen LogP contribution in [0.2, 0.25) is 0 Å². The first-order valence-electron chi connectivity index (χ1n) is 5.55. The molecular weight excluding hydrogens is 220 g/mol. The molecule has 0 amide bonds. The van der Waals surface area contributed by atoms with Crippen molar-refractivity contribution in [2.75, 3.05) is 14.2 Å². The Bertz CT molecular complexity index is 352. The van der Waals surface area contributed by atoms with Gasteiger partial charge in [-0.25, -0.2) is 0 Å². The molecule has 4 nitrogen and oxygen atoms in total. The van der Waals surface area contributed by atoms with E-state index < -0.39 is 17.4 Å². The molecule has 94 valence electrons. The van der Waals surface area contributed by atoms with Gasteiger partial charge in [-0.3, -0.25) is 9.59 Å². The zero-order chi connectivity index (χ0) is 13.1. The topological polar surface area (TPSA) is 52.6 Å². The standard InChI is InChI=1S/C13H18O4/c1-9-7-5-6-8-13(10(9)2,11(14)16-3)12(15)17-4/h1-2,5-8H2,3-4H3. The summed E-state index contributed by atoms with van der Waals surface area (Å²) in [5.74, 6) is -1.23. The number of carbonyl (C=O) groups is 2. The van der Waals surface area contributed by atoms with Gasteiger partial charge in [-0.05, 0) is 24.8 Å². The van der Waals surface area contributed by atoms with Crippen molar-refractivity contribution < 1.29 is 19.1 Å². The minimum absolute atomic E-state index is 0.365. The Labute approximate surface area is 101 Å². The molecule has 1 saturated carbocycles. The first-order valence-corrected chi connectivity index (χ1v) is 5.55. The molecule has 0 N–H and O–H groups in total. The van der Waals surface area contributed by atoms with Crippen molar-refractivity contribution in [3.05, 3.63) is 24.3 Å². The maximum absolute atomic E-state index is 12.0. The molecule has 0 unspecified atom stereocenters. The van der Waals surface area contributed by atoms with Crippen LogP contribution in [-0.2, 0) is 19.1 Å². The Morgan fingerprint density at radius 2 is 1.65 bits per heavy atom. The van der Waals surface area contributed by atoms with Gasteiger partial charge >= 0.3 is 11.9 Å². The summed E-state index contributed by atoms with van der Waals surface area (Å²) in [5.41, 5.74) is -0.260. The lowest BCUT2D eigenvalue weighted by Crippen LogP contribution is -2.42. The fourth-order valence-corrected chi connectivity index (χ4v) is 2.21. The maximum Gasteiger partial charge on any atom is 0.327 e. The Balaban J connectivity index is 3.28. The van der Waals surface area contributed by atoms with Crippen molar-refractivity contribution in [3.63, 3.8) is 0 Å². The van der Waals surface area contributed by atoms with E-state index in [1.54, 1.807) is 0 Å². The maximum atomic E-state index is 12.0. The predicted molar refractivity (Wildman–Crippen MR) is 63.2 cm³/mol. The average molecular weight is 238 g/mol. The summed E-state index contributed by atoms with van der Waals surface area (Å²) < 4.78 is 9.50. The smallest absolute Gasteiger partial charge is 0.327 e. The Morgan fingerprint density at radius 1 is 1.12 bits per heavy atom. The van der Waals surface area contributed by atoms with E-state index in [1.165, 1.54) is 14.2 Å². The number of esters is 2. The van der Waals surface area contributed by atoms with Crippen LogP contribution < -0.4 is 0 Å². The van der Waals surface area contributed by atoms with E-state index in [2.05, 4.69) is 13.2 Å². The largest absolute Gasteiger partial charge is 0.468 e. The van der Waals surface area contributed by atoms with Crippen LogP contribution in [0.25, 0.3) is 0 Å². The van der Waals surface area contributed by atoms with Crippen LogP contribution >= 0.6 is 0 Å². The van der Waals surface area contributed by atoms with Crippen LogP contribution in [0.5, 0.6) is 0 Å². The van der Waals surface area contributed by atoms with Crippen molar-refractivity contribution in [1.29, 1.82) is 0 Å². The van der Waals surface area contributed by atoms with Gasteiger partial charge in [-0.1, -0.05) is 25.2 Å². The normalized spacial score (nSPS) is 19.4. The summed E-state index contributed by atoms with van der Waals surface area (Å²) in [7, 11) is 2.52. The highest BCUT2D eigenvalue weighted by Gasteiger charge is 2.51. The van der Waals surface area contributed by atoms with Crippen molar-refractivity contribution in [1.82, 2.24) is 0 Å². The molecule has 0 heterocycles. The molecule has 0 radical (unpaired) electrons. The third-order valence-corrected chi connectivity index (χ3v) is 3.29. The number of carbonyl (C=O) groups excluding carboxylic acids is 2. The molecule has 0 atom stereocenters. The molecule has 0 bridgehead atoms. The highest BCUT2D eigenvalue weighted by Crippen LogP contribution is 2.42. The molecule has 0 aromatic carbocycles. The molecule has 0 saturated heterocycles. The van der Waals surface area contributed by atoms with Gasteiger partial charge in [0.05, 0.1) is 14.2 Å². The SMILES string of the molecule is C=C1CCCCC(C(=O)OC)(C(=O)OC)C1=C. The number of rotatable bonds is 2. The zero-order valence-corrected chi connectivity index (χ0v) is 10.4. The van der Waals surface area contributed by atoms with E-state index in [-0.39, 0.29) is 0 Å². The second kappa shape index (κ2) is 5.17. The Kier molecular flexibility index (Phi) is 4.10. The van der Waals surface area contributed by atoms with Crippen LogP contribution in [0.1, 0.15) is 25.7 Å². The molecule has 4 heteroatoms.